The molecule has 18 heavy (non-hydrogen) atoms. The molecule has 0 unspecified atom stereocenters. The smallest absolute Gasteiger partial charge is 0.207 e. The Morgan fingerprint density at radius 2 is 1.33 bits per heavy atom. The predicted octanol–water partition coefficient (Wildman–Crippen LogP) is 2.59. The summed E-state index contributed by atoms with van der Waals surface area (Å²) in [6.45, 7) is 0.304. The average molecular weight is 284 g/mol. The summed E-state index contributed by atoms with van der Waals surface area (Å²) in [5.41, 5.74) is 0.937. The molecule has 0 spiro atoms. The van der Waals surface area contributed by atoms with E-state index in [0.29, 0.717) is 6.54 Å². The molecule has 0 bridgehead atoms. The van der Waals surface area contributed by atoms with Crippen molar-refractivity contribution in [2.75, 3.05) is 0 Å². The van der Waals surface area contributed by atoms with Crippen LogP contribution in [-0.2, 0) is 16.6 Å². The van der Waals surface area contributed by atoms with E-state index in [1.807, 2.05) is 30.3 Å². The van der Waals surface area contributed by atoms with Gasteiger partial charge in [0, 0.05) is 6.54 Å². The first-order valence-electron chi connectivity index (χ1n) is 5.27. The van der Waals surface area contributed by atoms with Gasteiger partial charge in [0.25, 0.3) is 0 Å². The molecule has 3 nitrogen and oxygen atoms in total. The molecule has 2 aromatic carbocycles. The Morgan fingerprint density at radius 1 is 0.833 bits per heavy atom. The van der Waals surface area contributed by atoms with Crippen LogP contribution in [0.5, 0.6) is 0 Å². The summed E-state index contributed by atoms with van der Waals surface area (Å²) < 4.78 is 26.4. The second kappa shape index (κ2) is 6.54. The molecule has 0 heterocycles. The maximum Gasteiger partial charge on any atom is 0.240 e. The molecular formula is C13H14ClNO2S. The van der Waals surface area contributed by atoms with E-state index in [0.717, 1.165) is 5.56 Å². The SMILES string of the molecule is Cl.O=S(=O)(NCc1ccccc1)c1ccccc1. The Morgan fingerprint density at radius 3 is 1.89 bits per heavy atom. The van der Waals surface area contributed by atoms with Crippen molar-refractivity contribution in [1.29, 1.82) is 0 Å². The lowest BCUT2D eigenvalue weighted by atomic mass is 10.2. The molecule has 0 fully saturated rings. The molecule has 96 valence electrons. The Balaban J connectivity index is 0.00000162. The van der Waals surface area contributed by atoms with Crippen molar-refractivity contribution in [2.45, 2.75) is 11.4 Å². The van der Waals surface area contributed by atoms with E-state index in [9.17, 15) is 8.42 Å². The standard InChI is InChI=1S/C13H13NO2S.ClH/c15-17(16,13-9-5-2-6-10-13)14-11-12-7-3-1-4-8-12;/h1-10,14H,11H2;1H. The van der Waals surface area contributed by atoms with Crippen molar-refractivity contribution in [1.82, 2.24) is 4.72 Å². The van der Waals surface area contributed by atoms with Crippen molar-refractivity contribution in [3.05, 3.63) is 66.2 Å². The first kappa shape index (κ1) is 14.7. The Kier molecular flexibility index (Phi) is 5.34. The van der Waals surface area contributed by atoms with Gasteiger partial charge in [-0.1, -0.05) is 48.5 Å². The summed E-state index contributed by atoms with van der Waals surface area (Å²) in [6.07, 6.45) is 0. The lowest BCUT2D eigenvalue weighted by molar-refractivity contribution is 0.581. The van der Waals surface area contributed by atoms with Gasteiger partial charge in [-0.3, -0.25) is 0 Å². The number of sulfonamides is 1. The fourth-order valence-corrected chi connectivity index (χ4v) is 2.50. The number of nitrogens with one attached hydrogen (secondary N) is 1. The Bertz CT molecular complexity index is 570. The van der Waals surface area contributed by atoms with Gasteiger partial charge in [-0.2, -0.15) is 0 Å². The van der Waals surface area contributed by atoms with Gasteiger partial charge in [-0.25, -0.2) is 13.1 Å². The largest absolute Gasteiger partial charge is 0.240 e. The first-order valence-corrected chi connectivity index (χ1v) is 6.75. The van der Waals surface area contributed by atoms with E-state index in [4.69, 9.17) is 0 Å². The van der Waals surface area contributed by atoms with Gasteiger partial charge in [0.05, 0.1) is 4.90 Å². The second-order valence-electron chi connectivity index (χ2n) is 3.62. The van der Waals surface area contributed by atoms with Crippen molar-refractivity contribution in [2.24, 2.45) is 0 Å². The summed E-state index contributed by atoms with van der Waals surface area (Å²) in [5, 5.41) is 0. The van der Waals surface area contributed by atoms with Crippen LogP contribution in [0, 0.1) is 0 Å². The molecule has 0 aliphatic carbocycles. The molecule has 5 heteroatoms. The van der Waals surface area contributed by atoms with E-state index in [-0.39, 0.29) is 17.3 Å². The summed E-state index contributed by atoms with van der Waals surface area (Å²) in [4.78, 5) is 0.288. The van der Waals surface area contributed by atoms with E-state index in [1.165, 1.54) is 0 Å². The van der Waals surface area contributed by atoms with E-state index >= 15 is 0 Å². The molecule has 2 rings (SSSR count). The van der Waals surface area contributed by atoms with Crippen LogP contribution in [0.3, 0.4) is 0 Å². The minimum atomic E-state index is -3.41. The Hall–Kier alpha value is -1.36. The van der Waals surface area contributed by atoms with E-state index in [1.54, 1.807) is 30.3 Å². The molecule has 0 radical (unpaired) electrons. The van der Waals surface area contributed by atoms with Gasteiger partial charge < -0.3 is 0 Å². The molecule has 0 aromatic heterocycles. The zero-order valence-electron chi connectivity index (χ0n) is 9.61. The van der Waals surface area contributed by atoms with Crippen molar-refractivity contribution < 1.29 is 8.42 Å². The third kappa shape index (κ3) is 3.84. The average Bonchev–Trinajstić information content (AvgIpc) is 2.39. The quantitative estimate of drug-likeness (QED) is 0.937. The van der Waals surface area contributed by atoms with Crippen LogP contribution in [0.25, 0.3) is 0 Å². The van der Waals surface area contributed by atoms with Gasteiger partial charge in [-0.05, 0) is 17.7 Å². The van der Waals surface area contributed by atoms with Crippen molar-refractivity contribution >= 4 is 22.4 Å². The van der Waals surface area contributed by atoms with E-state index in [2.05, 4.69) is 4.72 Å². The predicted molar refractivity (Wildman–Crippen MR) is 74.2 cm³/mol. The summed E-state index contributed by atoms with van der Waals surface area (Å²) in [7, 11) is -3.41. The summed E-state index contributed by atoms with van der Waals surface area (Å²) in [5.74, 6) is 0. The monoisotopic (exact) mass is 283 g/mol. The zero-order valence-corrected chi connectivity index (χ0v) is 11.2. The second-order valence-corrected chi connectivity index (χ2v) is 5.39. The van der Waals surface area contributed by atoms with Gasteiger partial charge in [0.15, 0.2) is 0 Å². The van der Waals surface area contributed by atoms with E-state index < -0.39 is 10.0 Å². The lowest BCUT2D eigenvalue weighted by Crippen LogP contribution is -2.23. The van der Waals surface area contributed by atoms with Crippen LogP contribution < -0.4 is 4.72 Å². The van der Waals surface area contributed by atoms with Gasteiger partial charge in [0.2, 0.25) is 10.0 Å². The van der Waals surface area contributed by atoms with Crippen LogP contribution in [0.1, 0.15) is 5.56 Å². The molecule has 0 aliphatic heterocycles. The molecule has 0 atom stereocenters. The first-order chi connectivity index (χ1) is 8.18. The normalized spacial score (nSPS) is 10.7. The maximum absolute atomic E-state index is 11.9. The third-order valence-corrected chi connectivity index (χ3v) is 3.78. The number of hydrogen-bond acceptors (Lipinski definition) is 2. The molecule has 0 aliphatic rings. The maximum atomic E-state index is 11.9. The molecule has 0 saturated heterocycles. The minimum Gasteiger partial charge on any atom is -0.207 e. The molecule has 0 saturated carbocycles. The van der Waals surface area contributed by atoms with Crippen LogP contribution in [0.2, 0.25) is 0 Å². The minimum absolute atomic E-state index is 0. The highest BCUT2D eigenvalue weighted by atomic mass is 35.5. The lowest BCUT2D eigenvalue weighted by Gasteiger charge is -2.06. The van der Waals surface area contributed by atoms with Gasteiger partial charge in [-0.15, -0.1) is 12.4 Å². The van der Waals surface area contributed by atoms with Crippen LogP contribution in [0.4, 0.5) is 0 Å². The third-order valence-electron chi connectivity index (χ3n) is 2.36. The fourth-order valence-electron chi connectivity index (χ4n) is 1.46. The highest BCUT2D eigenvalue weighted by Gasteiger charge is 2.12. The molecule has 2 aromatic rings. The summed E-state index contributed by atoms with van der Waals surface area (Å²) in [6, 6.07) is 17.8. The number of benzene rings is 2. The van der Waals surface area contributed by atoms with Crippen LogP contribution >= 0.6 is 12.4 Å². The highest BCUT2D eigenvalue weighted by molar-refractivity contribution is 7.89. The number of hydrogen-bond donors (Lipinski definition) is 1. The summed E-state index contributed by atoms with van der Waals surface area (Å²) >= 11 is 0. The Labute approximate surface area is 113 Å². The topological polar surface area (TPSA) is 46.2 Å². The molecule has 1 N–H and O–H groups in total. The molecular weight excluding hydrogens is 270 g/mol. The van der Waals surface area contributed by atoms with Gasteiger partial charge >= 0.3 is 0 Å². The van der Waals surface area contributed by atoms with Crippen molar-refractivity contribution in [3.8, 4) is 0 Å². The molecule has 0 amide bonds. The number of rotatable bonds is 4. The van der Waals surface area contributed by atoms with Crippen LogP contribution in [-0.4, -0.2) is 8.42 Å². The number of halogens is 1. The highest BCUT2D eigenvalue weighted by Crippen LogP contribution is 2.08. The van der Waals surface area contributed by atoms with Crippen molar-refractivity contribution in [3.63, 3.8) is 0 Å². The zero-order chi connectivity index (χ0) is 12.1. The van der Waals surface area contributed by atoms with Crippen LogP contribution in [0.15, 0.2) is 65.6 Å². The van der Waals surface area contributed by atoms with Gasteiger partial charge in [0.1, 0.15) is 0 Å². The fraction of sp³-hybridized carbons (Fsp3) is 0.0769.